The van der Waals surface area contributed by atoms with E-state index in [0.717, 1.165) is 13.1 Å². The Labute approximate surface area is 127 Å². The van der Waals surface area contributed by atoms with Gasteiger partial charge < -0.3 is 9.88 Å². The molecule has 112 valence electrons. The molecule has 0 bridgehead atoms. The summed E-state index contributed by atoms with van der Waals surface area (Å²) in [6.45, 7) is 6.50. The maximum absolute atomic E-state index is 4.36. The van der Waals surface area contributed by atoms with Crippen molar-refractivity contribution in [1.29, 1.82) is 0 Å². The van der Waals surface area contributed by atoms with Gasteiger partial charge in [-0.2, -0.15) is 0 Å². The fraction of sp³-hybridized carbons (Fsp3) is 0.500. The summed E-state index contributed by atoms with van der Waals surface area (Å²) in [5.41, 5.74) is 4.07. The molecular weight excluding hydrogens is 258 g/mol. The first-order valence-electron chi connectivity index (χ1n) is 8.06. The fourth-order valence-electron chi connectivity index (χ4n) is 3.06. The van der Waals surface area contributed by atoms with Crippen LogP contribution in [0.1, 0.15) is 61.9 Å². The van der Waals surface area contributed by atoms with Crippen LogP contribution in [0.15, 0.2) is 36.8 Å². The van der Waals surface area contributed by atoms with Gasteiger partial charge in [0.15, 0.2) is 0 Å². The van der Waals surface area contributed by atoms with Crippen molar-refractivity contribution in [3.8, 4) is 0 Å². The molecule has 2 aromatic rings. The smallest absolute Gasteiger partial charge is 0.0951 e. The zero-order valence-corrected chi connectivity index (χ0v) is 13.0. The van der Waals surface area contributed by atoms with Crippen molar-refractivity contribution in [2.75, 3.05) is 6.54 Å². The number of nitrogens with zero attached hydrogens (tertiary/aromatic N) is 2. The third-order valence-corrected chi connectivity index (χ3v) is 4.41. The molecule has 3 heteroatoms. The largest absolute Gasteiger partial charge is 0.329 e. The van der Waals surface area contributed by atoms with E-state index in [1.807, 2.05) is 12.5 Å². The van der Waals surface area contributed by atoms with E-state index >= 15 is 0 Å². The van der Waals surface area contributed by atoms with Crippen LogP contribution in [0.5, 0.6) is 0 Å². The summed E-state index contributed by atoms with van der Waals surface area (Å²) < 4.78 is 2.29. The van der Waals surface area contributed by atoms with Crippen LogP contribution in [0.2, 0.25) is 0 Å². The Kier molecular flexibility index (Phi) is 4.39. The first-order valence-corrected chi connectivity index (χ1v) is 8.06. The quantitative estimate of drug-likeness (QED) is 0.923. The number of benzene rings is 1. The van der Waals surface area contributed by atoms with Crippen LogP contribution < -0.4 is 5.32 Å². The minimum atomic E-state index is 0.469. The zero-order valence-electron chi connectivity index (χ0n) is 13.0. The SMILES string of the molecule is CC(C)c1ccc(Cn2cncc2C2CCCCN2)cc1. The van der Waals surface area contributed by atoms with Gasteiger partial charge in [-0.1, -0.05) is 44.5 Å². The Morgan fingerprint density at radius 1 is 1.24 bits per heavy atom. The second kappa shape index (κ2) is 6.44. The lowest BCUT2D eigenvalue weighted by atomic mass is 10.0. The van der Waals surface area contributed by atoms with Crippen LogP contribution >= 0.6 is 0 Å². The fourth-order valence-corrected chi connectivity index (χ4v) is 3.06. The van der Waals surface area contributed by atoms with Crippen LogP contribution in [0.4, 0.5) is 0 Å². The minimum absolute atomic E-state index is 0.469. The normalized spacial score (nSPS) is 19.1. The molecule has 2 heterocycles. The molecule has 0 radical (unpaired) electrons. The highest BCUT2D eigenvalue weighted by Crippen LogP contribution is 2.23. The second-order valence-corrected chi connectivity index (χ2v) is 6.35. The first-order chi connectivity index (χ1) is 10.2. The van der Waals surface area contributed by atoms with Crippen LogP contribution in [0, 0.1) is 0 Å². The molecule has 1 fully saturated rings. The standard InChI is InChI=1S/C18H25N3/c1-14(2)16-8-6-15(7-9-16)12-21-13-19-11-18(21)17-5-3-4-10-20-17/h6-9,11,13-14,17,20H,3-5,10,12H2,1-2H3. The molecule has 1 aliphatic heterocycles. The lowest BCUT2D eigenvalue weighted by Gasteiger charge is -2.24. The number of hydrogen-bond acceptors (Lipinski definition) is 2. The van der Waals surface area contributed by atoms with Crippen LogP contribution in [-0.4, -0.2) is 16.1 Å². The van der Waals surface area contributed by atoms with Crippen molar-refractivity contribution in [1.82, 2.24) is 14.9 Å². The summed E-state index contributed by atoms with van der Waals surface area (Å²) in [4.78, 5) is 4.36. The molecule has 3 rings (SSSR count). The highest BCUT2D eigenvalue weighted by molar-refractivity contribution is 5.25. The summed E-state index contributed by atoms with van der Waals surface area (Å²) in [5, 5.41) is 3.61. The highest BCUT2D eigenvalue weighted by Gasteiger charge is 2.18. The first kappa shape index (κ1) is 14.3. The van der Waals surface area contributed by atoms with Gasteiger partial charge in [0.05, 0.1) is 12.0 Å². The number of nitrogens with one attached hydrogen (secondary N) is 1. The Morgan fingerprint density at radius 2 is 2.05 bits per heavy atom. The molecular formula is C18H25N3. The zero-order chi connectivity index (χ0) is 14.7. The Bertz CT molecular complexity index is 562. The van der Waals surface area contributed by atoms with Crippen molar-refractivity contribution in [2.45, 2.75) is 51.6 Å². The maximum atomic E-state index is 4.36. The van der Waals surface area contributed by atoms with E-state index in [2.05, 4.69) is 53.0 Å². The molecule has 0 saturated carbocycles. The van der Waals surface area contributed by atoms with E-state index in [1.54, 1.807) is 0 Å². The van der Waals surface area contributed by atoms with Gasteiger partial charge in [-0.3, -0.25) is 0 Å². The average molecular weight is 283 g/mol. The van der Waals surface area contributed by atoms with E-state index in [1.165, 1.54) is 36.1 Å². The molecule has 1 N–H and O–H groups in total. The Hall–Kier alpha value is -1.61. The van der Waals surface area contributed by atoms with Crippen molar-refractivity contribution >= 4 is 0 Å². The molecule has 0 spiro atoms. The molecule has 0 amide bonds. The number of imidazole rings is 1. The molecule has 21 heavy (non-hydrogen) atoms. The lowest BCUT2D eigenvalue weighted by molar-refractivity contribution is 0.396. The maximum Gasteiger partial charge on any atom is 0.0951 e. The number of hydrogen-bond donors (Lipinski definition) is 1. The van der Waals surface area contributed by atoms with Crippen molar-refractivity contribution in [3.05, 3.63) is 53.6 Å². The van der Waals surface area contributed by atoms with Gasteiger partial charge >= 0.3 is 0 Å². The predicted octanol–water partition coefficient (Wildman–Crippen LogP) is 3.87. The lowest BCUT2D eigenvalue weighted by Crippen LogP contribution is -2.28. The third-order valence-electron chi connectivity index (χ3n) is 4.41. The Balaban J connectivity index is 1.74. The molecule has 1 atom stereocenters. The molecule has 1 aromatic carbocycles. The molecule has 1 aliphatic rings. The van der Waals surface area contributed by atoms with E-state index in [9.17, 15) is 0 Å². The average Bonchev–Trinajstić information content (AvgIpc) is 2.97. The summed E-state index contributed by atoms with van der Waals surface area (Å²) in [6, 6.07) is 9.45. The number of aromatic nitrogens is 2. The number of piperidine rings is 1. The van der Waals surface area contributed by atoms with Gasteiger partial charge in [0.25, 0.3) is 0 Å². The molecule has 0 aliphatic carbocycles. The molecule has 1 unspecified atom stereocenters. The van der Waals surface area contributed by atoms with Crippen LogP contribution in [0.25, 0.3) is 0 Å². The van der Waals surface area contributed by atoms with Gasteiger partial charge in [-0.15, -0.1) is 0 Å². The topological polar surface area (TPSA) is 29.9 Å². The van der Waals surface area contributed by atoms with Gasteiger partial charge in [0.1, 0.15) is 0 Å². The summed E-state index contributed by atoms with van der Waals surface area (Å²) in [5.74, 6) is 0.592. The van der Waals surface area contributed by atoms with E-state index in [0.29, 0.717) is 12.0 Å². The van der Waals surface area contributed by atoms with Crippen molar-refractivity contribution < 1.29 is 0 Å². The third kappa shape index (κ3) is 3.35. The van der Waals surface area contributed by atoms with Gasteiger partial charge in [-0.05, 0) is 36.4 Å². The monoisotopic (exact) mass is 283 g/mol. The van der Waals surface area contributed by atoms with Crippen LogP contribution in [0.3, 0.4) is 0 Å². The van der Waals surface area contributed by atoms with Crippen molar-refractivity contribution in [2.24, 2.45) is 0 Å². The van der Waals surface area contributed by atoms with E-state index < -0.39 is 0 Å². The minimum Gasteiger partial charge on any atom is -0.329 e. The highest BCUT2D eigenvalue weighted by atomic mass is 15.1. The molecule has 3 nitrogen and oxygen atoms in total. The van der Waals surface area contributed by atoms with Crippen LogP contribution in [-0.2, 0) is 6.54 Å². The molecule has 1 aromatic heterocycles. The summed E-state index contributed by atoms with van der Waals surface area (Å²) in [7, 11) is 0. The van der Waals surface area contributed by atoms with E-state index in [4.69, 9.17) is 0 Å². The van der Waals surface area contributed by atoms with E-state index in [-0.39, 0.29) is 0 Å². The summed E-state index contributed by atoms with van der Waals surface area (Å²) >= 11 is 0. The predicted molar refractivity (Wildman–Crippen MR) is 86.5 cm³/mol. The van der Waals surface area contributed by atoms with Gasteiger partial charge in [0, 0.05) is 18.8 Å². The van der Waals surface area contributed by atoms with Crippen molar-refractivity contribution in [3.63, 3.8) is 0 Å². The molecule has 1 saturated heterocycles. The van der Waals surface area contributed by atoms with Gasteiger partial charge in [0.2, 0.25) is 0 Å². The second-order valence-electron chi connectivity index (χ2n) is 6.35. The number of rotatable bonds is 4. The summed E-state index contributed by atoms with van der Waals surface area (Å²) in [6.07, 6.45) is 7.80. The van der Waals surface area contributed by atoms with Gasteiger partial charge in [-0.25, -0.2) is 4.98 Å². The Morgan fingerprint density at radius 3 is 2.71 bits per heavy atom.